The van der Waals surface area contributed by atoms with Crippen molar-refractivity contribution in [2.24, 2.45) is 0 Å². The van der Waals surface area contributed by atoms with Crippen LogP contribution in [-0.4, -0.2) is 27.5 Å². The summed E-state index contributed by atoms with van der Waals surface area (Å²) in [5.74, 6) is 0.683. The molecule has 0 atom stereocenters. The van der Waals surface area contributed by atoms with E-state index in [0.29, 0.717) is 34.5 Å². The Morgan fingerprint density at radius 2 is 1.85 bits per heavy atom. The lowest BCUT2D eigenvalue weighted by molar-refractivity contribution is 0.0728. The first-order valence-electron chi connectivity index (χ1n) is 8.51. The lowest BCUT2D eigenvalue weighted by Crippen LogP contribution is -2.31. The molecule has 0 aliphatic carbocycles. The lowest BCUT2D eigenvalue weighted by Gasteiger charge is -2.20. The molecule has 0 fully saturated rings. The van der Waals surface area contributed by atoms with Crippen LogP contribution in [0.5, 0.6) is 0 Å². The molecule has 0 bridgehead atoms. The van der Waals surface area contributed by atoms with Crippen LogP contribution in [0.2, 0.25) is 5.02 Å². The molecule has 3 rings (SSSR count). The molecule has 0 unspecified atom stereocenters. The predicted octanol–water partition coefficient (Wildman–Crippen LogP) is 4.75. The van der Waals surface area contributed by atoms with Crippen LogP contribution in [0.15, 0.2) is 52.9 Å². The van der Waals surface area contributed by atoms with Gasteiger partial charge < -0.3 is 9.32 Å². The summed E-state index contributed by atoms with van der Waals surface area (Å²) < 4.78 is 5.73. The SMILES string of the molecule is CCCN(Cc1nnc(-c2ccccc2Cl)o1)C(=O)c1ccc(C)cc1. The summed E-state index contributed by atoms with van der Waals surface area (Å²) >= 11 is 6.17. The third-order valence-corrected chi connectivity index (χ3v) is 4.31. The monoisotopic (exact) mass is 369 g/mol. The predicted molar refractivity (Wildman–Crippen MR) is 101 cm³/mol. The Kier molecular flexibility index (Phi) is 5.68. The molecular formula is C20H20ClN3O2. The Morgan fingerprint density at radius 1 is 1.12 bits per heavy atom. The van der Waals surface area contributed by atoms with Crippen LogP contribution in [0.3, 0.4) is 0 Å². The van der Waals surface area contributed by atoms with Crippen molar-refractivity contribution in [3.05, 3.63) is 70.6 Å². The van der Waals surface area contributed by atoms with Crippen molar-refractivity contribution in [1.82, 2.24) is 15.1 Å². The highest BCUT2D eigenvalue weighted by molar-refractivity contribution is 6.33. The van der Waals surface area contributed by atoms with Crippen LogP contribution < -0.4 is 0 Å². The van der Waals surface area contributed by atoms with Crippen molar-refractivity contribution in [2.45, 2.75) is 26.8 Å². The van der Waals surface area contributed by atoms with E-state index in [1.807, 2.05) is 56.3 Å². The number of amides is 1. The van der Waals surface area contributed by atoms with E-state index in [0.717, 1.165) is 12.0 Å². The van der Waals surface area contributed by atoms with E-state index >= 15 is 0 Å². The normalized spacial score (nSPS) is 10.7. The van der Waals surface area contributed by atoms with Crippen molar-refractivity contribution in [1.29, 1.82) is 0 Å². The molecule has 1 aromatic heterocycles. The molecule has 0 aliphatic rings. The Morgan fingerprint density at radius 3 is 2.54 bits per heavy atom. The number of carbonyl (C=O) groups is 1. The Balaban J connectivity index is 1.79. The van der Waals surface area contributed by atoms with Crippen molar-refractivity contribution >= 4 is 17.5 Å². The zero-order valence-electron chi connectivity index (χ0n) is 14.8. The first-order valence-corrected chi connectivity index (χ1v) is 8.89. The quantitative estimate of drug-likeness (QED) is 0.629. The van der Waals surface area contributed by atoms with Crippen LogP contribution >= 0.6 is 11.6 Å². The minimum Gasteiger partial charge on any atom is -0.419 e. The second kappa shape index (κ2) is 8.15. The molecule has 3 aromatic rings. The van der Waals surface area contributed by atoms with Crippen LogP contribution in [0.25, 0.3) is 11.5 Å². The van der Waals surface area contributed by atoms with Crippen molar-refractivity contribution < 1.29 is 9.21 Å². The number of rotatable bonds is 6. The summed E-state index contributed by atoms with van der Waals surface area (Å²) in [6, 6.07) is 14.8. The highest BCUT2D eigenvalue weighted by atomic mass is 35.5. The molecule has 134 valence electrons. The standard InChI is InChI=1S/C20H20ClN3O2/c1-3-12-24(20(25)15-10-8-14(2)9-11-15)13-18-22-23-19(26-18)16-6-4-5-7-17(16)21/h4-11H,3,12-13H2,1-2H3. The van der Waals surface area contributed by atoms with Crippen molar-refractivity contribution in [3.63, 3.8) is 0 Å². The number of benzene rings is 2. The van der Waals surface area contributed by atoms with Crippen LogP contribution in [0, 0.1) is 6.92 Å². The molecule has 0 aliphatic heterocycles. The molecule has 0 N–H and O–H groups in total. The molecule has 1 heterocycles. The van der Waals surface area contributed by atoms with Gasteiger partial charge >= 0.3 is 0 Å². The fourth-order valence-electron chi connectivity index (χ4n) is 2.63. The molecule has 0 saturated heterocycles. The summed E-state index contributed by atoms with van der Waals surface area (Å²) in [6.07, 6.45) is 0.836. The highest BCUT2D eigenvalue weighted by Crippen LogP contribution is 2.26. The van der Waals surface area contributed by atoms with Crippen molar-refractivity contribution in [2.75, 3.05) is 6.54 Å². The molecule has 2 aromatic carbocycles. The summed E-state index contributed by atoms with van der Waals surface area (Å²) in [7, 11) is 0. The number of nitrogens with zero attached hydrogens (tertiary/aromatic N) is 3. The Bertz CT molecular complexity index is 890. The van der Waals surface area contributed by atoms with E-state index in [4.69, 9.17) is 16.0 Å². The second-order valence-corrected chi connectivity index (χ2v) is 6.48. The molecule has 0 saturated carbocycles. The molecule has 0 spiro atoms. The Hall–Kier alpha value is -2.66. The first kappa shape index (κ1) is 18.1. The lowest BCUT2D eigenvalue weighted by atomic mass is 10.1. The van der Waals surface area contributed by atoms with Gasteiger partial charge in [0.2, 0.25) is 11.8 Å². The Labute approximate surface area is 157 Å². The topological polar surface area (TPSA) is 59.2 Å². The zero-order valence-corrected chi connectivity index (χ0v) is 15.5. The average molecular weight is 370 g/mol. The van der Waals surface area contributed by atoms with Crippen LogP contribution in [0.4, 0.5) is 0 Å². The first-order chi connectivity index (χ1) is 12.6. The molecule has 5 nitrogen and oxygen atoms in total. The van der Waals surface area contributed by atoms with Gasteiger partial charge in [0.15, 0.2) is 0 Å². The van der Waals surface area contributed by atoms with Gasteiger partial charge in [0.05, 0.1) is 17.1 Å². The highest BCUT2D eigenvalue weighted by Gasteiger charge is 2.19. The number of halogens is 1. The van der Waals surface area contributed by atoms with E-state index in [-0.39, 0.29) is 12.5 Å². The van der Waals surface area contributed by atoms with Crippen LogP contribution in [-0.2, 0) is 6.54 Å². The van der Waals surface area contributed by atoms with Gasteiger partial charge in [-0.3, -0.25) is 4.79 Å². The minimum absolute atomic E-state index is 0.0515. The van der Waals surface area contributed by atoms with E-state index in [1.54, 1.807) is 11.0 Å². The number of hydrogen-bond donors (Lipinski definition) is 0. The maximum atomic E-state index is 12.8. The van der Waals surface area contributed by atoms with Gasteiger partial charge in [0.1, 0.15) is 0 Å². The molecule has 6 heteroatoms. The van der Waals surface area contributed by atoms with Crippen LogP contribution in [0.1, 0.15) is 35.2 Å². The maximum Gasteiger partial charge on any atom is 0.254 e. The maximum absolute atomic E-state index is 12.8. The van der Waals surface area contributed by atoms with Gasteiger partial charge in [-0.2, -0.15) is 0 Å². The summed E-state index contributed by atoms with van der Waals surface area (Å²) in [5, 5.41) is 8.69. The second-order valence-electron chi connectivity index (χ2n) is 6.07. The van der Waals surface area contributed by atoms with Gasteiger partial charge in [-0.15, -0.1) is 10.2 Å². The third-order valence-electron chi connectivity index (χ3n) is 3.98. The number of aromatic nitrogens is 2. The fraction of sp³-hybridized carbons (Fsp3) is 0.250. The van der Waals surface area contributed by atoms with E-state index < -0.39 is 0 Å². The summed E-state index contributed by atoms with van der Waals surface area (Å²) in [4.78, 5) is 14.5. The van der Waals surface area contributed by atoms with Gasteiger partial charge in [0.25, 0.3) is 5.91 Å². The molecule has 1 amide bonds. The van der Waals surface area contributed by atoms with Gasteiger partial charge in [-0.25, -0.2) is 0 Å². The molecule has 0 radical (unpaired) electrons. The smallest absolute Gasteiger partial charge is 0.254 e. The number of hydrogen-bond acceptors (Lipinski definition) is 4. The third kappa shape index (κ3) is 4.11. The van der Waals surface area contributed by atoms with Crippen molar-refractivity contribution in [3.8, 4) is 11.5 Å². The number of aryl methyl sites for hydroxylation is 1. The number of carbonyl (C=O) groups excluding carboxylic acids is 1. The molecular weight excluding hydrogens is 350 g/mol. The largest absolute Gasteiger partial charge is 0.419 e. The van der Waals surface area contributed by atoms with Gasteiger partial charge in [0, 0.05) is 12.1 Å². The zero-order chi connectivity index (χ0) is 18.5. The van der Waals surface area contributed by atoms with E-state index in [9.17, 15) is 4.79 Å². The fourth-order valence-corrected chi connectivity index (χ4v) is 2.84. The van der Waals surface area contributed by atoms with E-state index in [1.165, 1.54) is 0 Å². The minimum atomic E-state index is -0.0515. The summed E-state index contributed by atoms with van der Waals surface area (Å²) in [6.45, 7) is 4.89. The van der Waals surface area contributed by atoms with E-state index in [2.05, 4.69) is 10.2 Å². The summed E-state index contributed by atoms with van der Waals surface area (Å²) in [5.41, 5.74) is 2.44. The molecule has 26 heavy (non-hydrogen) atoms. The van der Waals surface area contributed by atoms with Gasteiger partial charge in [-0.05, 0) is 37.6 Å². The average Bonchev–Trinajstić information content (AvgIpc) is 3.10. The van der Waals surface area contributed by atoms with Gasteiger partial charge in [-0.1, -0.05) is 48.4 Å².